The fourth-order valence-electron chi connectivity index (χ4n) is 7.80. The number of benzene rings is 7. The smallest absolute Gasteiger partial charge is 0.147 e. The van der Waals surface area contributed by atoms with Gasteiger partial charge in [-0.25, -0.2) is 4.98 Å². The second kappa shape index (κ2) is 13.1. The monoisotopic (exact) mass is 688 g/mol. The van der Waals surface area contributed by atoms with Crippen LogP contribution in [0.2, 0.25) is 0 Å². The molecular weight excluding hydrogens is 649 g/mol. The van der Waals surface area contributed by atoms with Crippen LogP contribution < -0.4 is 0 Å². The number of para-hydroxylation sites is 2. The maximum Gasteiger partial charge on any atom is 0.147 e. The third kappa shape index (κ3) is 5.44. The van der Waals surface area contributed by atoms with Gasteiger partial charge in [0.05, 0.1) is 16.7 Å². The van der Waals surface area contributed by atoms with Crippen molar-refractivity contribution in [1.82, 2.24) is 9.55 Å². The number of thiophene rings is 1. The Hall–Kier alpha value is -5.77. The van der Waals surface area contributed by atoms with Crippen LogP contribution in [-0.4, -0.2) is 9.55 Å². The zero-order valence-corrected chi connectivity index (χ0v) is 30.8. The van der Waals surface area contributed by atoms with Gasteiger partial charge in [-0.3, -0.25) is 4.57 Å². The molecule has 0 bridgehead atoms. The Morgan fingerprint density at radius 1 is 0.481 bits per heavy atom. The molecule has 0 saturated carbocycles. The minimum atomic E-state index is 0.308. The zero-order valence-electron chi connectivity index (χ0n) is 30.0. The molecule has 9 rings (SSSR count). The molecule has 0 amide bonds. The van der Waals surface area contributed by atoms with Crippen LogP contribution in [-0.2, 0) is 0 Å². The van der Waals surface area contributed by atoms with Crippen molar-refractivity contribution < 1.29 is 0 Å². The topological polar surface area (TPSA) is 17.8 Å². The summed E-state index contributed by atoms with van der Waals surface area (Å²) in [5.74, 6) is 1.61. The quantitative estimate of drug-likeness (QED) is 0.163. The van der Waals surface area contributed by atoms with Gasteiger partial charge in [0.15, 0.2) is 0 Å². The van der Waals surface area contributed by atoms with Crippen LogP contribution in [0, 0.1) is 0 Å². The summed E-state index contributed by atoms with van der Waals surface area (Å²) < 4.78 is 5.01. The second-order valence-electron chi connectivity index (χ2n) is 14.3. The first-order valence-electron chi connectivity index (χ1n) is 18.3. The first-order chi connectivity index (χ1) is 25.5. The minimum Gasteiger partial charge on any atom is -0.292 e. The van der Waals surface area contributed by atoms with Gasteiger partial charge >= 0.3 is 0 Å². The molecule has 0 unspecified atom stereocenters. The van der Waals surface area contributed by atoms with Crippen molar-refractivity contribution in [2.24, 2.45) is 0 Å². The summed E-state index contributed by atoms with van der Waals surface area (Å²) in [4.78, 5) is 5.44. The lowest BCUT2D eigenvalue weighted by atomic mass is 9.88. The highest BCUT2D eigenvalue weighted by atomic mass is 32.1. The van der Waals surface area contributed by atoms with Gasteiger partial charge in [0.2, 0.25) is 0 Å². The Kier molecular flexibility index (Phi) is 8.09. The normalized spacial score (nSPS) is 11.8. The molecule has 252 valence electrons. The van der Waals surface area contributed by atoms with Crippen molar-refractivity contribution in [2.75, 3.05) is 0 Å². The van der Waals surface area contributed by atoms with E-state index >= 15 is 0 Å². The summed E-state index contributed by atoms with van der Waals surface area (Å²) in [6, 6.07) is 57.4. The van der Waals surface area contributed by atoms with E-state index in [2.05, 4.69) is 190 Å². The highest BCUT2D eigenvalue weighted by Crippen LogP contribution is 2.45. The van der Waals surface area contributed by atoms with E-state index < -0.39 is 0 Å². The summed E-state index contributed by atoms with van der Waals surface area (Å²) >= 11 is 1.87. The Balaban J connectivity index is 1.28. The van der Waals surface area contributed by atoms with E-state index in [9.17, 15) is 0 Å². The number of hydrogen-bond acceptors (Lipinski definition) is 2. The summed E-state index contributed by atoms with van der Waals surface area (Å²) in [5.41, 5.74) is 14.7. The summed E-state index contributed by atoms with van der Waals surface area (Å²) in [7, 11) is 0. The van der Waals surface area contributed by atoms with Crippen molar-refractivity contribution in [2.45, 2.75) is 39.5 Å². The number of rotatable bonds is 7. The molecule has 7 aromatic carbocycles. The number of nitrogens with zero attached hydrogens (tertiary/aromatic N) is 2. The Morgan fingerprint density at radius 2 is 1.08 bits per heavy atom. The van der Waals surface area contributed by atoms with E-state index in [1.165, 1.54) is 70.4 Å². The van der Waals surface area contributed by atoms with Crippen LogP contribution >= 0.6 is 11.3 Å². The molecular formula is C49H40N2S. The molecule has 3 heteroatoms. The molecule has 2 aromatic heterocycles. The van der Waals surface area contributed by atoms with Crippen LogP contribution in [0.3, 0.4) is 0 Å². The molecule has 0 N–H and O–H groups in total. The van der Waals surface area contributed by atoms with Gasteiger partial charge in [-0.05, 0) is 98.8 Å². The van der Waals surface area contributed by atoms with E-state index in [1.54, 1.807) is 0 Å². The fourth-order valence-corrected chi connectivity index (χ4v) is 8.99. The molecule has 0 aliphatic heterocycles. The van der Waals surface area contributed by atoms with Gasteiger partial charge in [-0.15, -0.1) is 11.3 Å². The van der Waals surface area contributed by atoms with Crippen LogP contribution in [0.15, 0.2) is 158 Å². The first-order valence-corrected chi connectivity index (χ1v) is 19.1. The highest BCUT2D eigenvalue weighted by molar-refractivity contribution is 7.26. The summed E-state index contributed by atoms with van der Waals surface area (Å²) in [6.07, 6.45) is 0. The van der Waals surface area contributed by atoms with E-state index in [4.69, 9.17) is 4.98 Å². The third-order valence-corrected chi connectivity index (χ3v) is 11.6. The van der Waals surface area contributed by atoms with E-state index in [0.717, 1.165) is 22.4 Å². The Labute approximate surface area is 309 Å². The Morgan fingerprint density at radius 3 is 1.77 bits per heavy atom. The highest BCUT2D eigenvalue weighted by Gasteiger charge is 2.25. The largest absolute Gasteiger partial charge is 0.292 e. The van der Waals surface area contributed by atoms with Crippen LogP contribution in [0.1, 0.15) is 50.7 Å². The standard InChI is InChI=1S/C49H40N2S/c1-31(2)41-29-36(33-16-7-5-8-17-33)30-42(32(3)4)47(41)51-45-25-14-13-24-44(45)50-49(51)40-23-15-22-39-43-28-35(26-27-46(43)52-48(39)40)38-21-12-11-20-37(38)34-18-9-6-10-19-34/h5-32H,1-4H3. The van der Waals surface area contributed by atoms with Gasteiger partial charge in [-0.2, -0.15) is 0 Å². The first kappa shape index (κ1) is 32.2. The van der Waals surface area contributed by atoms with E-state index in [1.807, 2.05) is 11.3 Å². The minimum absolute atomic E-state index is 0.308. The molecule has 0 saturated heterocycles. The van der Waals surface area contributed by atoms with Crippen molar-refractivity contribution in [1.29, 1.82) is 0 Å². The fraction of sp³-hybridized carbons (Fsp3) is 0.122. The van der Waals surface area contributed by atoms with E-state index in [-0.39, 0.29) is 0 Å². The third-order valence-electron chi connectivity index (χ3n) is 10.4. The summed E-state index contributed by atoms with van der Waals surface area (Å²) in [6.45, 7) is 9.26. The molecule has 0 radical (unpaired) electrons. The Bertz CT molecular complexity index is 2700. The maximum absolute atomic E-state index is 5.44. The number of imidazole rings is 1. The molecule has 2 heterocycles. The van der Waals surface area contributed by atoms with Crippen LogP contribution in [0.5, 0.6) is 0 Å². The van der Waals surface area contributed by atoms with Gasteiger partial charge in [0, 0.05) is 25.7 Å². The molecule has 0 spiro atoms. The van der Waals surface area contributed by atoms with Crippen molar-refractivity contribution in [3.63, 3.8) is 0 Å². The zero-order chi connectivity index (χ0) is 35.3. The lowest BCUT2D eigenvalue weighted by molar-refractivity contribution is 0.812. The summed E-state index contributed by atoms with van der Waals surface area (Å²) in [5, 5.41) is 2.55. The average Bonchev–Trinajstić information content (AvgIpc) is 3.76. The predicted octanol–water partition coefficient (Wildman–Crippen LogP) is 14.3. The predicted molar refractivity (Wildman–Crippen MR) is 224 cm³/mol. The van der Waals surface area contributed by atoms with E-state index in [0.29, 0.717) is 11.8 Å². The van der Waals surface area contributed by atoms with Crippen LogP contribution in [0.4, 0.5) is 0 Å². The molecule has 0 aliphatic carbocycles. The lowest BCUT2D eigenvalue weighted by Crippen LogP contribution is -2.09. The van der Waals surface area contributed by atoms with Gasteiger partial charge in [0.25, 0.3) is 0 Å². The van der Waals surface area contributed by atoms with Crippen molar-refractivity contribution >= 4 is 42.5 Å². The SMILES string of the molecule is CC(C)c1cc(-c2ccccc2)cc(C(C)C)c1-n1c(-c2cccc3c2sc2ccc(-c4ccccc4-c4ccccc4)cc23)nc2ccccc21. The molecule has 52 heavy (non-hydrogen) atoms. The van der Waals surface area contributed by atoms with Gasteiger partial charge in [-0.1, -0.05) is 143 Å². The molecule has 0 aliphatic rings. The van der Waals surface area contributed by atoms with Gasteiger partial charge in [0.1, 0.15) is 5.82 Å². The lowest BCUT2D eigenvalue weighted by Gasteiger charge is -2.24. The molecule has 0 atom stereocenters. The van der Waals surface area contributed by atoms with Crippen molar-refractivity contribution in [3.8, 4) is 50.5 Å². The molecule has 0 fully saturated rings. The average molecular weight is 689 g/mol. The number of hydrogen-bond donors (Lipinski definition) is 0. The van der Waals surface area contributed by atoms with Gasteiger partial charge < -0.3 is 0 Å². The number of fused-ring (bicyclic) bond motifs is 4. The second-order valence-corrected chi connectivity index (χ2v) is 15.4. The molecule has 2 nitrogen and oxygen atoms in total. The van der Waals surface area contributed by atoms with Crippen LogP contribution in [0.25, 0.3) is 81.7 Å². The van der Waals surface area contributed by atoms with Crippen molar-refractivity contribution in [3.05, 3.63) is 169 Å². The maximum atomic E-state index is 5.44. The molecule has 9 aromatic rings. The number of aromatic nitrogens is 2.